The van der Waals surface area contributed by atoms with Crippen LogP contribution in [0.4, 0.5) is 0 Å². The smallest absolute Gasteiger partial charge is 0.231 e. The van der Waals surface area contributed by atoms with Crippen LogP contribution in [0.2, 0.25) is 0 Å². The Morgan fingerprint density at radius 2 is 1.59 bits per heavy atom. The Hall–Kier alpha value is -1.90. The largest absolute Gasteiger partial charge is 0.285 e. The lowest BCUT2D eigenvalue weighted by atomic mass is 10.3. The van der Waals surface area contributed by atoms with E-state index in [9.17, 15) is 0 Å². The van der Waals surface area contributed by atoms with E-state index < -0.39 is 0 Å². The molecule has 0 atom stereocenters. The van der Waals surface area contributed by atoms with Crippen LogP contribution >= 0.6 is 0 Å². The highest BCUT2D eigenvalue weighted by Crippen LogP contribution is 1.94. The molecule has 0 radical (unpaired) electrons. The maximum absolute atomic E-state index is 9.02. The van der Waals surface area contributed by atoms with E-state index >= 15 is 0 Å². The zero-order valence-corrected chi connectivity index (χ0v) is 10.8. The van der Waals surface area contributed by atoms with Gasteiger partial charge >= 0.3 is 0 Å². The Balaban J connectivity index is 0.000000171. The van der Waals surface area contributed by atoms with Gasteiger partial charge in [0.05, 0.1) is 0 Å². The first-order valence-corrected chi connectivity index (χ1v) is 5.56. The monoisotopic (exact) mass is 231 g/mol. The van der Waals surface area contributed by atoms with Crippen molar-refractivity contribution < 1.29 is 9.94 Å². The predicted molar refractivity (Wildman–Crippen MR) is 67.0 cm³/mol. The molecule has 0 saturated heterocycles. The van der Waals surface area contributed by atoms with Crippen molar-refractivity contribution in [1.29, 1.82) is 0 Å². The van der Waals surface area contributed by atoms with Gasteiger partial charge in [-0.2, -0.15) is 0 Å². The van der Waals surface area contributed by atoms with E-state index in [0.29, 0.717) is 0 Å². The van der Waals surface area contributed by atoms with Gasteiger partial charge in [0.1, 0.15) is 0 Å². The van der Waals surface area contributed by atoms with Crippen LogP contribution < -0.4 is 4.73 Å². The molecular weight excluding hydrogens is 212 g/mol. The Bertz CT molecular complexity index is 457. The molecule has 17 heavy (non-hydrogen) atoms. The lowest BCUT2D eigenvalue weighted by Crippen LogP contribution is -2.33. The van der Waals surface area contributed by atoms with Crippen molar-refractivity contribution in [1.82, 2.24) is 4.98 Å². The van der Waals surface area contributed by atoms with Crippen LogP contribution in [0.15, 0.2) is 36.7 Å². The summed E-state index contributed by atoms with van der Waals surface area (Å²) in [5, 5.41) is 9.02. The van der Waals surface area contributed by atoms with Crippen molar-refractivity contribution in [2.45, 2.75) is 27.7 Å². The molecule has 0 amide bonds. The van der Waals surface area contributed by atoms with E-state index in [0.717, 1.165) is 21.7 Å². The number of rotatable bonds is 0. The Kier molecular flexibility index (Phi) is 4.64. The normalized spacial score (nSPS) is 9.41. The molecular formula is C14H19N2O+. The highest BCUT2D eigenvalue weighted by atomic mass is 16.5. The summed E-state index contributed by atoms with van der Waals surface area (Å²) in [5.74, 6) is 0. The third-order valence-electron chi connectivity index (χ3n) is 2.33. The van der Waals surface area contributed by atoms with Gasteiger partial charge in [-0.1, -0.05) is 6.07 Å². The minimum Gasteiger partial charge on any atom is -0.285 e. The van der Waals surface area contributed by atoms with Gasteiger partial charge in [0.25, 0.3) is 0 Å². The third kappa shape index (κ3) is 4.64. The molecule has 0 fully saturated rings. The summed E-state index contributed by atoms with van der Waals surface area (Å²) >= 11 is 0. The second-order valence-electron chi connectivity index (χ2n) is 4.17. The van der Waals surface area contributed by atoms with Crippen LogP contribution in [0.1, 0.15) is 22.5 Å². The van der Waals surface area contributed by atoms with Crippen LogP contribution in [0.5, 0.6) is 0 Å². The molecule has 0 aromatic carbocycles. The lowest BCUT2D eigenvalue weighted by molar-refractivity contribution is -0.909. The van der Waals surface area contributed by atoms with Gasteiger partial charge in [-0.15, -0.1) is 0 Å². The Labute approximate surface area is 102 Å². The minimum atomic E-state index is 0.848. The first-order valence-electron chi connectivity index (χ1n) is 5.56. The molecule has 0 bridgehead atoms. The summed E-state index contributed by atoms with van der Waals surface area (Å²) in [5.41, 5.74) is 4.20. The van der Waals surface area contributed by atoms with E-state index in [2.05, 4.69) is 11.1 Å². The number of hydrogen-bond donors (Lipinski definition) is 1. The molecule has 2 heterocycles. The Morgan fingerprint density at radius 1 is 0.941 bits per heavy atom. The minimum absolute atomic E-state index is 0.848. The van der Waals surface area contributed by atoms with Crippen LogP contribution in [0.3, 0.4) is 0 Å². The lowest BCUT2D eigenvalue weighted by Gasteiger charge is -1.89. The number of aryl methyl sites for hydroxylation is 4. The first-order chi connectivity index (χ1) is 7.99. The first kappa shape index (κ1) is 13.2. The maximum atomic E-state index is 9.02. The molecule has 90 valence electrons. The summed E-state index contributed by atoms with van der Waals surface area (Å²) in [6.07, 6.45) is 3.55. The van der Waals surface area contributed by atoms with E-state index in [-0.39, 0.29) is 0 Å². The molecule has 1 N–H and O–H groups in total. The molecule has 3 heteroatoms. The number of aromatic nitrogens is 2. The SMILES string of the molecule is Cc1ccc(C)[n+](O)c1.Cc1ccc(C)nc1. The summed E-state index contributed by atoms with van der Waals surface area (Å²) in [4.78, 5) is 4.08. The van der Waals surface area contributed by atoms with Crippen molar-refractivity contribution in [3.05, 3.63) is 59.2 Å². The average Bonchev–Trinajstić information content (AvgIpc) is 2.29. The van der Waals surface area contributed by atoms with E-state index in [1.807, 2.05) is 52.1 Å². The second-order valence-corrected chi connectivity index (χ2v) is 4.17. The number of pyridine rings is 2. The van der Waals surface area contributed by atoms with Gasteiger partial charge in [0.15, 0.2) is 0 Å². The van der Waals surface area contributed by atoms with Crippen molar-refractivity contribution >= 4 is 0 Å². The fraction of sp³-hybridized carbons (Fsp3) is 0.286. The fourth-order valence-corrected chi connectivity index (χ4v) is 1.21. The molecule has 3 nitrogen and oxygen atoms in total. The molecule has 2 aromatic rings. The summed E-state index contributed by atoms with van der Waals surface area (Å²) in [6, 6.07) is 7.90. The zero-order valence-electron chi connectivity index (χ0n) is 10.8. The van der Waals surface area contributed by atoms with Gasteiger partial charge in [-0.3, -0.25) is 10.2 Å². The fourth-order valence-electron chi connectivity index (χ4n) is 1.21. The molecule has 0 unspecified atom stereocenters. The van der Waals surface area contributed by atoms with Crippen LogP contribution in [0, 0.1) is 27.7 Å². The summed E-state index contributed by atoms with van der Waals surface area (Å²) < 4.78 is 1.12. The second kappa shape index (κ2) is 5.99. The quantitative estimate of drug-likeness (QED) is 0.559. The highest BCUT2D eigenvalue weighted by molar-refractivity contribution is 5.10. The molecule has 2 rings (SSSR count). The van der Waals surface area contributed by atoms with Crippen LogP contribution in [0.25, 0.3) is 0 Å². The summed E-state index contributed by atoms with van der Waals surface area (Å²) in [7, 11) is 0. The van der Waals surface area contributed by atoms with E-state index in [4.69, 9.17) is 5.21 Å². The van der Waals surface area contributed by atoms with Crippen LogP contribution in [-0.4, -0.2) is 10.2 Å². The standard InChI is InChI=1S/C7H10NO.C7H9N/c1-6-3-4-7(2)8(9)5-6;1-6-3-4-7(2)8-5-6/h3-5,9H,1-2H3;3-5H,1-2H3/q+1;. The molecule has 2 aromatic heterocycles. The zero-order chi connectivity index (χ0) is 12.8. The topological polar surface area (TPSA) is 37.0 Å². The maximum Gasteiger partial charge on any atom is 0.231 e. The van der Waals surface area contributed by atoms with Gasteiger partial charge < -0.3 is 0 Å². The highest BCUT2D eigenvalue weighted by Gasteiger charge is 2.00. The van der Waals surface area contributed by atoms with Crippen molar-refractivity contribution in [2.75, 3.05) is 0 Å². The van der Waals surface area contributed by atoms with E-state index in [1.165, 1.54) is 5.56 Å². The van der Waals surface area contributed by atoms with Crippen LogP contribution in [-0.2, 0) is 0 Å². The van der Waals surface area contributed by atoms with E-state index in [1.54, 1.807) is 6.20 Å². The molecule has 0 aliphatic carbocycles. The Morgan fingerprint density at radius 3 is 2.00 bits per heavy atom. The number of hydrogen-bond acceptors (Lipinski definition) is 2. The van der Waals surface area contributed by atoms with Crippen molar-refractivity contribution in [3.8, 4) is 0 Å². The average molecular weight is 231 g/mol. The predicted octanol–water partition coefficient (Wildman–Crippen LogP) is 2.53. The van der Waals surface area contributed by atoms with Gasteiger partial charge in [0.2, 0.25) is 11.9 Å². The van der Waals surface area contributed by atoms with Crippen molar-refractivity contribution in [3.63, 3.8) is 0 Å². The third-order valence-corrected chi connectivity index (χ3v) is 2.33. The molecule has 0 spiro atoms. The van der Waals surface area contributed by atoms with Crippen molar-refractivity contribution in [2.24, 2.45) is 0 Å². The van der Waals surface area contributed by atoms with Gasteiger partial charge in [0, 0.05) is 35.2 Å². The van der Waals surface area contributed by atoms with Gasteiger partial charge in [-0.05, 0) is 38.5 Å². The molecule has 0 aliphatic rings. The molecule has 0 saturated carbocycles. The van der Waals surface area contributed by atoms with Gasteiger partial charge in [-0.25, -0.2) is 0 Å². The molecule has 0 aliphatic heterocycles. The number of nitrogens with zero attached hydrogens (tertiary/aromatic N) is 2. The summed E-state index contributed by atoms with van der Waals surface area (Å²) in [6.45, 7) is 7.80.